The molecule has 3 aliphatic rings. The molecule has 37 heavy (non-hydrogen) atoms. The Labute approximate surface area is 215 Å². The molecular formula is C27H29N5O5. The van der Waals surface area contributed by atoms with Crippen molar-refractivity contribution in [3.63, 3.8) is 0 Å². The fourth-order valence-corrected chi connectivity index (χ4v) is 4.69. The monoisotopic (exact) mass is 503 g/mol. The lowest BCUT2D eigenvalue weighted by atomic mass is 9.95. The molecule has 1 unspecified atom stereocenters. The summed E-state index contributed by atoms with van der Waals surface area (Å²) in [6.45, 7) is 6.28. The SMILES string of the molecule is C=CCN1C(=O)NC(c2cccc(Oc3ccccc3)c2)C2=C1CN(CC(=O)NN1CCOCC1)C2=O. The van der Waals surface area contributed by atoms with Crippen molar-refractivity contribution in [3.8, 4) is 11.5 Å². The van der Waals surface area contributed by atoms with Crippen molar-refractivity contribution in [3.05, 3.63) is 84.1 Å². The molecule has 0 saturated carbocycles. The number of hydrazine groups is 1. The molecule has 1 fully saturated rings. The molecule has 3 heterocycles. The second kappa shape index (κ2) is 10.9. The lowest BCUT2D eigenvalue weighted by molar-refractivity contribution is -0.135. The number of nitrogens with one attached hydrogen (secondary N) is 2. The maximum atomic E-state index is 13.6. The molecule has 3 aliphatic heterocycles. The van der Waals surface area contributed by atoms with Crippen LogP contribution in [0.15, 0.2) is 78.5 Å². The Kier molecular flexibility index (Phi) is 7.20. The molecule has 5 rings (SSSR count). The van der Waals surface area contributed by atoms with E-state index in [-0.39, 0.29) is 37.5 Å². The number of carbonyl (C=O) groups is 3. The van der Waals surface area contributed by atoms with Crippen LogP contribution in [0, 0.1) is 0 Å². The minimum Gasteiger partial charge on any atom is -0.457 e. The summed E-state index contributed by atoms with van der Waals surface area (Å²) in [5.74, 6) is 0.680. The van der Waals surface area contributed by atoms with Gasteiger partial charge in [-0.2, -0.15) is 0 Å². The van der Waals surface area contributed by atoms with E-state index in [1.54, 1.807) is 11.1 Å². The lowest BCUT2D eigenvalue weighted by Crippen LogP contribution is -2.51. The van der Waals surface area contributed by atoms with Gasteiger partial charge in [0.05, 0.1) is 37.1 Å². The first-order valence-electron chi connectivity index (χ1n) is 12.2. The standard InChI is InChI=1S/C27H29N5O5/c1-2-11-32-22-17-30(18-23(33)29-31-12-14-36-15-13-31)26(34)24(22)25(28-27(32)35)19-7-6-10-21(16-19)37-20-8-4-3-5-9-20/h2-10,16,25H,1,11-15,17-18H2,(H,28,35)(H,29,33). The predicted molar refractivity (Wildman–Crippen MR) is 135 cm³/mol. The molecular weight excluding hydrogens is 474 g/mol. The Hall–Kier alpha value is -4.15. The normalized spacial score (nSPS) is 19.9. The van der Waals surface area contributed by atoms with Gasteiger partial charge in [-0.1, -0.05) is 36.4 Å². The fraction of sp³-hybridized carbons (Fsp3) is 0.296. The topological polar surface area (TPSA) is 103 Å². The molecule has 0 aromatic heterocycles. The van der Waals surface area contributed by atoms with E-state index in [4.69, 9.17) is 9.47 Å². The number of nitrogens with zero attached hydrogens (tertiary/aromatic N) is 3. The molecule has 0 bridgehead atoms. The summed E-state index contributed by atoms with van der Waals surface area (Å²) in [5, 5.41) is 4.74. The van der Waals surface area contributed by atoms with Crippen molar-refractivity contribution < 1.29 is 23.9 Å². The van der Waals surface area contributed by atoms with Gasteiger partial charge in [0.15, 0.2) is 0 Å². The van der Waals surface area contributed by atoms with E-state index in [1.165, 1.54) is 9.80 Å². The average Bonchev–Trinajstić information content (AvgIpc) is 3.22. The van der Waals surface area contributed by atoms with E-state index in [2.05, 4.69) is 17.3 Å². The number of urea groups is 1. The van der Waals surface area contributed by atoms with Gasteiger partial charge in [0.25, 0.3) is 11.8 Å². The van der Waals surface area contributed by atoms with Gasteiger partial charge in [-0.3, -0.25) is 19.9 Å². The molecule has 2 aromatic carbocycles. The van der Waals surface area contributed by atoms with Gasteiger partial charge in [0.2, 0.25) is 0 Å². The molecule has 4 amide bonds. The Morgan fingerprint density at radius 1 is 1.11 bits per heavy atom. The first-order valence-corrected chi connectivity index (χ1v) is 12.2. The van der Waals surface area contributed by atoms with E-state index in [9.17, 15) is 14.4 Å². The van der Waals surface area contributed by atoms with Crippen LogP contribution in [0.4, 0.5) is 4.79 Å². The maximum Gasteiger partial charge on any atom is 0.322 e. The molecule has 0 spiro atoms. The van der Waals surface area contributed by atoms with Gasteiger partial charge < -0.3 is 19.7 Å². The number of morpholine rings is 1. The number of amides is 4. The number of ether oxygens (including phenoxy) is 2. The fourth-order valence-electron chi connectivity index (χ4n) is 4.69. The quantitative estimate of drug-likeness (QED) is 0.536. The zero-order valence-corrected chi connectivity index (χ0v) is 20.4. The third-order valence-corrected chi connectivity index (χ3v) is 6.41. The largest absolute Gasteiger partial charge is 0.457 e. The Balaban J connectivity index is 1.38. The van der Waals surface area contributed by atoms with Crippen molar-refractivity contribution in [1.29, 1.82) is 0 Å². The van der Waals surface area contributed by atoms with Gasteiger partial charge in [-0.25, -0.2) is 9.80 Å². The molecule has 10 nitrogen and oxygen atoms in total. The van der Waals surface area contributed by atoms with Gasteiger partial charge in [-0.15, -0.1) is 6.58 Å². The number of rotatable bonds is 8. The summed E-state index contributed by atoms with van der Waals surface area (Å²) in [7, 11) is 0. The van der Waals surface area contributed by atoms with Crippen LogP contribution in [0.25, 0.3) is 0 Å². The highest BCUT2D eigenvalue weighted by Crippen LogP contribution is 2.37. The second-order valence-corrected chi connectivity index (χ2v) is 8.93. The molecule has 0 aliphatic carbocycles. The summed E-state index contributed by atoms with van der Waals surface area (Å²) in [6, 6.07) is 15.7. The zero-order valence-electron chi connectivity index (χ0n) is 20.4. The summed E-state index contributed by atoms with van der Waals surface area (Å²) in [6.07, 6.45) is 1.61. The van der Waals surface area contributed by atoms with Gasteiger partial charge in [0.1, 0.15) is 18.0 Å². The van der Waals surface area contributed by atoms with Crippen molar-refractivity contribution >= 4 is 17.8 Å². The van der Waals surface area contributed by atoms with Crippen LogP contribution in [-0.4, -0.2) is 78.6 Å². The number of hydrogen-bond acceptors (Lipinski definition) is 6. The number of benzene rings is 2. The summed E-state index contributed by atoms with van der Waals surface area (Å²) >= 11 is 0. The van der Waals surface area contributed by atoms with Crippen LogP contribution in [0.2, 0.25) is 0 Å². The Bertz CT molecular complexity index is 1220. The molecule has 192 valence electrons. The minimum atomic E-state index is -0.678. The first kappa shape index (κ1) is 24.5. The van der Waals surface area contributed by atoms with Crippen molar-refractivity contribution in [2.24, 2.45) is 0 Å². The van der Waals surface area contributed by atoms with Gasteiger partial charge >= 0.3 is 6.03 Å². The van der Waals surface area contributed by atoms with E-state index < -0.39 is 6.04 Å². The summed E-state index contributed by atoms with van der Waals surface area (Å²) in [4.78, 5) is 42.4. The van der Waals surface area contributed by atoms with Crippen LogP contribution in [-0.2, 0) is 14.3 Å². The van der Waals surface area contributed by atoms with Crippen LogP contribution >= 0.6 is 0 Å². The Morgan fingerprint density at radius 3 is 2.62 bits per heavy atom. The van der Waals surface area contributed by atoms with Gasteiger partial charge in [-0.05, 0) is 29.8 Å². The molecule has 2 N–H and O–H groups in total. The van der Waals surface area contributed by atoms with E-state index >= 15 is 0 Å². The smallest absolute Gasteiger partial charge is 0.322 e. The van der Waals surface area contributed by atoms with Crippen LogP contribution in [0.1, 0.15) is 11.6 Å². The predicted octanol–water partition coefficient (Wildman–Crippen LogP) is 2.19. The van der Waals surface area contributed by atoms with Crippen LogP contribution in [0.5, 0.6) is 11.5 Å². The van der Waals surface area contributed by atoms with E-state index in [0.29, 0.717) is 54.6 Å². The number of carbonyl (C=O) groups excluding carboxylic acids is 3. The Morgan fingerprint density at radius 2 is 1.86 bits per heavy atom. The average molecular weight is 504 g/mol. The third-order valence-electron chi connectivity index (χ3n) is 6.41. The first-order chi connectivity index (χ1) is 18.0. The van der Waals surface area contributed by atoms with E-state index in [1.807, 2.05) is 54.6 Å². The van der Waals surface area contributed by atoms with Gasteiger partial charge in [0, 0.05) is 19.6 Å². The zero-order chi connectivity index (χ0) is 25.8. The van der Waals surface area contributed by atoms with Crippen molar-refractivity contribution in [2.45, 2.75) is 6.04 Å². The highest BCUT2D eigenvalue weighted by atomic mass is 16.5. The highest BCUT2D eigenvalue weighted by molar-refractivity contribution is 6.03. The molecule has 1 saturated heterocycles. The summed E-state index contributed by atoms with van der Waals surface area (Å²) in [5.41, 5.74) is 4.57. The minimum absolute atomic E-state index is 0.122. The molecule has 1 atom stereocenters. The molecule has 2 aromatic rings. The highest BCUT2D eigenvalue weighted by Gasteiger charge is 2.44. The van der Waals surface area contributed by atoms with Crippen LogP contribution < -0.4 is 15.5 Å². The second-order valence-electron chi connectivity index (χ2n) is 8.93. The lowest BCUT2D eigenvalue weighted by Gasteiger charge is -2.33. The van der Waals surface area contributed by atoms with Crippen molar-refractivity contribution in [2.75, 3.05) is 45.9 Å². The summed E-state index contributed by atoms with van der Waals surface area (Å²) < 4.78 is 11.3. The van der Waals surface area contributed by atoms with E-state index in [0.717, 1.165) is 0 Å². The molecule has 10 heteroatoms. The third kappa shape index (κ3) is 5.35. The maximum absolute atomic E-state index is 13.6. The number of hydrogen-bond donors (Lipinski definition) is 2. The van der Waals surface area contributed by atoms with Crippen molar-refractivity contribution in [1.82, 2.24) is 25.6 Å². The van der Waals surface area contributed by atoms with Crippen LogP contribution in [0.3, 0.4) is 0 Å². The number of para-hydroxylation sites is 1. The molecule has 0 radical (unpaired) electrons.